The molecule has 5 aromatic rings. The van der Waals surface area contributed by atoms with Crippen LogP contribution in [0.1, 0.15) is 11.1 Å². The topological polar surface area (TPSA) is 39.8 Å². The van der Waals surface area contributed by atoms with Crippen molar-refractivity contribution >= 4 is 45.1 Å². The molecule has 0 N–H and O–H groups in total. The van der Waals surface area contributed by atoms with Gasteiger partial charge < -0.3 is 4.57 Å². The standard InChI is InChI=1S/C24H16Cl2FN3O/c25-17-7-5-15(6-8-17)12-30-21-10-9-18(27)11-19(21)22-23(30)24(31)29(14-28-22)13-16-3-1-2-4-20(16)26/h1-11,14H,12-13H2. The molecule has 2 aromatic heterocycles. The first-order valence-corrected chi connectivity index (χ1v) is 10.4. The minimum absolute atomic E-state index is 0.213. The van der Waals surface area contributed by atoms with Gasteiger partial charge in [-0.2, -0.15) is 0 Å². The van der Waals surface area contributed by atoms with E-state index in [9.17, 15) is 9.18 Å². The molecular weight excluding hydrogens is 436 g/mol. The summed E-state index contributed by atoms with van der Waals surface area (Å²) in [5.74, 6) is -0.375. The van der Waals surface area contributed by atoms with Crippen LogP contribution in [-0.4, -0.2) is 14.1 Å². The van der Waals surface area contributed by atoms with Crippen molar-refractivity contribution in [3.05, 3.63) is 110 Å². The van der Waals surface area contributed by atoms with Crippen molar-refractivity contribution < 1.29 is 4.39 Å². The van der Waals surface area contributed by atoms with E-state index >= 15 is 0 Å². The highest BCUT2D eigenvalue weighted by Gasteiger charge is 2.18. The van der Waals surface area contributed by atoms with Crippen molar-refractivity contribution in [2.75, 3.05) is 0 Å². The van der Waals surface area contributed by atoms with Crippen LogP contribution in [0.2, 0.25) is 10.0 Å². The average molecular weight is 452 g/mol. The molecule has 7 heteroatoms. The third kappa shape index (κ3) is 3.60. The van der Waals surface area contributed by atoms with E-state index in [1.807, 2.05) is 34.9 Å². The van der Waals surface area contributed by atoms with Crippen molar-refractivity contribution in [3.63, 3.8) is 0 Å². The first kappa shape index (κ1) is 19.8. The number of aromatic nitrogens is 3. The van der Waals surface area contributed by atoms with Gasteiger partial charge in [0, 0.05) is 22.0 Å². The third-order valence-electron chi connectivity index (χ3n) is 5.34. The van der Waals surface area contributed by atoms with E-state index in [-0.39, 0.29) is 17.9 Å². The number of nitrogens with zero attached hydrogens (tertiary/aromatic N) is 3. The zero-order chi connectivity index (χ0) is 21.5. The second-order valence-corrected chi connectivity index (χ2v) is 8.18. The highest BCUT2D eigenvalue weighted by Crippen LogP contribution is 2.27. The minimum Gasteiger partial charge on any atom is -0.330 e. The van der Waals surface area contributed by atoms with Gasteiger partial charge in [-0.1, -0.05) is 53.5 Å². The molecule has 0 aliphatic heterocycles. The number of benzene rings is 3. The number of rotatable bonds is 4. The van der Waals surface area contributed by atoms with E-state index in [2.05, 4.69) is 4.98 Å². The number of halogens is 3. The molecule has 5 rings (SSSR count). The molecule has 0 saturated carbocycles. The summed E-state index contributed by atoms with van der Waals surface area (Å²) in [5.41, 5.74) is 3.21. The molecule has 0 unspecified atom stereocenters. The van der Waals surface area contributed by atoms with E-state index in [1.54, 1.807) is 24.3 Å². The summed E-state index contributed by atoms with van der Waals surface area (Å²) in [7, 11) is 0. The lowest BCUT2D eigenvalue weighted by Gasteiger charge is -2.10. The Balaban J connectivity index is 1.73. The zero-order valence-electron chi connectivity index (χ0n) is 16.2. The largest absolute Gasteiger partial charge is 0.330 e. The van der Waals surface area contributed by atoms with Crippen molar-refractivity contribution in [2.45, 2.75) is 13.1 Å². The molecule has 31 heavy (non-hydrogen) atoms. The van der Waals surface area contributed by atoms with Gasteiger partial charge in [-0.3, -0.25) is 9.36 Å². The van der Waals surface area contributed by atoms with E-state index < -0.39 is 0 Å². The molecule has 0 radical (unpaired) electrons. The average Bonchev–Trinajstić information content (AvgIpc) is 3.06. The summed E-state index contributed by atoms with van der Waals surface area (Å²) in [5, 5.41) is 1.82. The maximum Gasteiger partial charge on any atom is 0.278 e. The molecule has 154 valence electrons. The molecule has 0 aliphatic carbocycles. The first-order valence-electron chi connectivity index (χ1n) is 9.66. The molecule has 2 heterocycles. The maximum absolute atomic E-state index is 14.0. The van der Waals surface area contributed by atoms with E-state index in [1.165, 1.54) is 23.0 Å². The van der Waals surface area contributed by atoms with Crippen molar-refractivity contribution in [2.24, 2.45) is 0 Å². The lowest BCUT2D eigenvalue weighted by molar-refractivity contribution is 0.629. The van der Waals surface area contributed by atoms with Gasteiger partial charge >= 0.3 is 0 Å². The van der Waals surface area contributed by atoms with Gasteiger partial charge in [-0.25, -0.2) is 9.37 Å². The summed E-state index contributed by atoms with van der Waals surface area (Å²) < 4.78 is 17.4. The molecular formula is C24H16Cl2FN3O. The van der Waals surface area contributed by atoms with Crippen LogP contribution < -0.4 is 5.56 Å². The number of fused-ring (bicyclic) bond motifs is 3. The Morgan fingerprint density at radius 2 is 1.71 bits per heavy atom. The van der Waals surface area contributed by atoms with Crippen molar-refractivity contribution in [3.8, 4) is 0 Å². The summed E-state index contributed by atoms with van der Waals surface area (Å²) in [6.45, 7) is 0.716. The summed E-state index contributed by atoms with van der Waals surface area (Å²) >= 11 is 12.3. The van der Waals surface area contributed by atoms with Crippen LogP contribution in [0.25, 0.3) is 21.9 Å². The van der Waals surface area contributed by atoms with Gasteiger partial charge in [-0.15, -0.1) is 0 Å². The summed E-state index contributed by atoms with van der Waals surface area (Å²) in [4.78, 5) is 18.0. The normalized spacial score (nSPS) is 11.5. The maximum atomic E-state index is 14.0. The van der Waals surface area contributed by atoms with E-state index in [4.69, 9.17) is 23.2 Å². The Morgan fingerprint density at radius 3 is 2.48 bits per heavy atom. The van der Waals surface area contributed by atoms with Crippen LogP contribution in [0.5, 0.6) is 0 Å². The molecule has 0 aliphatic rings. The molecule has 0 amide bonds. The van der Waals surface area contributed by atoms with E-state index in [0.717, 1.165) is 16.6 Å². The van der Waals surface area contributed by atoms with Crippen LogP contribution in [0, 0.1) is 5.82 Å². The Kier molecular flexibility index (Phi) is 5.00. The van der Waals surface area contributed by atoms with Crippen molar-refractivity contribution in [1.29, 1.82) is 0 Å². The van der Waals surface area contributed by atoms with Gasteiger partial charge in [0.2, 0.25) is 0 Å². The fraction of sp³-hybridized carbons (Fsp3) is 0.0833. The highest BCUT2D eigenvalue weighted by atomic mass is 35.5. The van der Waals surface area contributed by atoms with Crippen LogP contribution in [0.3, 0.4) is 0 Å². The molecule has 0 saturated heterocycles. The van der Waals surface area contributed by atoms with Gasteiger partial charge in [-0.05, 0) is 47.5 Å². The van der Waals surface area contributed by atoms with Gasteiger partial charge in [0.05, 0.1) is 18.4 Å². The van der Waals surface area contributed by atoms with Gasteiger partial charge in [0.15, 0.2) is 0 Å². The first-order chi connectivity index (χ1) is 15.0. The van der Waals surface area contributed by atoms with Gasteiger partial charge in [0.1, 0.15) is 16.9 Å². The number of hydrogen-bond donors (Lipinski definition) is 0. The van der Waals surface area contributed by atoms with Gasteiger partial charge in [0.25, 0.3) is 5.56 Å². The Hall–Kier alpha value is -3.15. The zero-order valence-corrected chi connectivity index (χ0v) is 17.7. The smallest absolute Gasteiger partial charge is 0.278 e. The van der Waals surface area contributed by atoms with Crippen LogP contribution in [-0.2, 0) is 13.1 Å². The Bertz CT molecular complexity index is 1490. The monoisotopic (exact) mass is 451 g/mol. The molecule has 0 bridgehead atoms. The minimum atomic E-state index is -0.375. The Labute approximate surface area is 187 Å². The second kappa shape index (κ2) is 7.84. The summed E-state index contributed by atoms with van der Waals surface area (Å²) in [6, 6.07) is 19.3. The SMILES string of the molecule is O=c1c2c(ncn1Cc1ccccc1Cl)c1cc(F)ccc1n2Cc1ccc(Cl)cc1. The van der Waals surface area contributed by atoms with Crippen molar-refractivity contribution in [1.82, 2.24) is 14.1 Å². The molecule has 4 nitrogen and oxygen atoms in total. The molecule has 3 aromatic carbocycles. The second-order valence-electron chi connectivity index (χ2n) is 7.34. The lowest BCUT2D eigenvalue weighted by atomic mass is 10.2. The third-order valence-corrected chi connectivity index (χ3v) is 5.96. The fourth-order valence-corrected chi connectivity index (χ4v) is 4.15. The van der Waals surface area contributed by atoms with Crippen LogP contribution in [0.15, 0.2) is 77.9 Å². The Morgan fingerprint density at radius 1 is 0.935 bits per heavy atom. The molecule has 0 fully saturated rings. The van der Waals surface area contributed by atoms with Crippen LogP contribution >= 0.6 is 23.2 Å². The molecule has 0 spiro atoms. The predicted molar refractivity (Wildman–Crippen MR) is 123 cm³/mol. The summed E-state index contributed by atoms with van der Waals surface area (Å²) in [6.07, 6.45) is 1.49. The fourth-order valence-electron chi connectivity index (χ4n) is 3.83. The number of hydrogen-bond acceptors (Lipinski definition) is 2. The lowest BCUT2D eigenvalue weighted by Crippen LogP contribution is -2.23. The molecule has 0 atom stereocenters. The predicted octanol–water partition coefficient (Wildman–Crippen LogP) is 5.89. The quantitative estimate of drug-likeness (QED) is 0.341. The highest BCUT2D eigenvalue weighted by molar-refractivity contribution is 6.31. The van der Waals surface area contributed by atoms with E-state index in [0.29, 0.717) is 33.0 Å². The van der Waals surface area contributed by atoms with Crippen LogP contribution in [0.4, 0.5) is 4.39 Å².